The molecule has 2 rings (SSSR count). The van der Waals surface area contributed by atoms with Crippen molar-refractivity contribution in [2.24, 2.45) is 0 Å². The number of aromatic nitrogens is 2. The molecule has 0 saturated heterocycles. The number of nitrogen functional groups attached to an aromatic ring is 1. The molecule has 0 aliphatic heterocycles. The van der Waals surface area contributed by atoms with Gasteiger partial charge >= 0.3 is 0 Å². The topological polar surface area (TPSA) is 72.9 Å². The molecule has 110 valence electrons. The molecule has 5 heteroatoms. The van der Waals surface area contributed by atoms with Gasteiger partial charge in [0.05, 0.1) is 11.4 Å². The van der Waals surface area contributed by atoms with Crippen molar-refractivity contribution in [3.05, 3.63) is 23.0 Å². The van der Waals surface area contributed by atoms with Crippen LogP contribution in [0.2, 0.25) is 0 Å². The van der Waals surface area contributed by atoms with E-state index in [1.54, 1.807) is 4.68 Å². The van der Waals surface area contributed by atoms with Crippen LogP contribution in [-0.4, -0.2) is 22.2 Å². The first-order valence-corrected chi connectivity index (χ1v) is 7.42. The third-order valence-corrected chi connectivity index (χ3v) is 3.81. The van der Waals surface area contributed by atoms with Crippen molar-refractivity contribution in [2.45, 2.75) is 52.5 Å². The van der Waals surface area contributed by atoms with Gasteiger partial charge in [0.1, 0.15) is 5.69 Å². The van der Waals surface area contributed by atoms with Crippen LogP contribution in [0.3, 0.4) is 0 Å². The van der Waals surface area contributed by atoms with Crippen molar-refractivity contribution < 1.29 is 4.79 Å². The SMILES string of the molecule is CCn1nc(C)c(N)c1C(=O)NCCC1=CCCCC1. The summed E-state index contributed by atoms with van der Waals surface area (Å²) in [4.78, 5) is 12.2. The van der Waals surface area contributed by atoms with Crippen LogP contribution in [0, 0.1) is 6.92 Å². The number of rotatable bonds is 5. The average molecular weight is 276 g/mol. The maximum absolute atomic E-state index is 12.2. The first kappa shape index (κ1) is 14.6. The van der Waals surface area contributed by atoms with Crippen LogP contribution >= 0.6 is 0 Å². The summed E-state index contributed by atoms with van der Waals surface area (Å²) >= 11 is 0. The Bertz CT molecular complexity index is 516. The fourth-order valence-corrected chi connectivity index (χ4v) is 2.62. The van der Waals surface area contributed by atoms with E-state index in [9.17, 15) is 4.79 Å². The molecule has 1 aromatic heterocycles. The van der Waals surface area contributed by atoms with Crippen LogP contribution in [0.15, 0.2) is 11.6 Å². The van der Waals surface area contributed by atoms with Crippen LogP contribution in [-0.2, 0) is 6.54 Å². The molecule has 1 aliphatic carbocycles. The van der Waals surface area contributed by atoms with Gasteiger partial charge in [0.15, 0.2) is 0 Å². The van der Waals surface area contributed by atoms with Crippen molar-refractivity contribution >= 4 is 11.6 Å². The number of allylic oxidation sites excluding steroid dienone is 1. The van der Waals surface area contributed by atoms with E-state index < -0.39 is 0 Å². The summed E-state index contributed by atoms with van der Waals surface area (Å²) in [6, 6.07) is 0. The monoisotopic (exact) mass is 276 g/mol. The molecule has 0 fully saturated rings. The van der Waals surface area contributed by atoms with Gasteiger partial charge in [-0.15, -0.1) is 0 Å². The first-order chi connectivity index (χ1) is 9.63. The number of hydrogen-bond donors (Lipinski definition) is 2. The highest BCUT2D eigenvalue weighted by molar-refractivity contribution is 5.97. The molecule has 1 heterocycles. The second kappa shape index (κ2) is 6.59. The fourth-order valence-electron chi connectivity index (χ4n) is 2.62. The second-order valence-electron chi connectivity index (χ2n) is 5.28. The lowest BCUT2D eigenvalue weighted by Crippen LogP contribution is -2.28. The lowest BCUT2D eigenvalue weighted by Gasteiger charge is -2.13. The van der Waals surface area contributed by atoms with E-state index in [4.69, 9.17) is 5.73 Å². The average Bonchev–Trinajstić information content (AvgIpc) is 2.75. The Morgan fingerprint density at radius 1 is 1.50 bits per heavy atom. The second-order valence-corrected chi connectivity index (χ2v) is 5.28. The summed E-state index contributed by atoms with van der Waals surface area (Å²) in [5.41, 5.74) is 9.09. The molecule has 0 bridgehead atoms. The predicted molar refractivity (Wildman–Crippen MR) is 80.6 cm³/mol. The summed E-state index contributed by atoms with van der Waals surface area (Å²) < 4.78 is 1.67. The largest absolute Gasteiger partial charge is 0.395 e. The quantitative estimate of drug-likeness (QED) is 0.811. The summed E-state index contributed by atoms with van der Waals surface area (Å²) in [6.45, 7) is 5.09. The predicted octanol–water partition coefficient (Wildman–Crippen LogP) is 2.41. The Labute approximate surface area is 120 Å². The Morgan fingerprint density at radius 2 is 2.30 bits per heavy atom. The van der Waals surface area contributed by atoms with Gasteiger partial charge in [0.25, 0.3) is 5.91 Å². The molecule has 0 atom stereocenters. The van der Waals surface area contributed by atoms with Crippen LogP contribution in [0.5, 0.6) is 0 Å². The zero-order chi connectivity index (χ0) is 14.5. The van der Waals surface area contributed by atoms with E-state index in [2.05, 4.69) is 16.5 Å². The highest BCUT2D eigenvalue weighted by Gasteiger charge is 2.18. The Morgan fingerprint density at radius 3 is 2.95 bits per heavy atom. The van der Waals surface area contributed by atoms with Crippen molar-refractivity contribution in [1.29, 1.82) is 0 Å². The molecule has 0 saturated carbocycles. The number of carbonyl (C=O) groups excluding carboxylic acids is 1. The molecular weight excluding hydrogens is 252 g/mol. The summed E-state index contributed by atoms with van der Waals surface area (Å²) in [6.07, 6.45) is 8.16. The molecule has 1 amide bonds. The van der Waals surface area contributed by atoms with Gasteiger partial charge in [-0.05, 0) is 46.0 Å². The van der Waals surface area contributed by atoms with Crippen LogP contribution in [0.4, 0.5) is 5.69 Å². The van der Waals surface area contributed by atoms with Gasteiger partial charge in [-0.2, -0.15) is 5.10 Å². The highest BCUT2D eigenvalue weighted by atomic mass is 16.2. The number of nitrogens with two attached hydrogens (primary N) is 1. The number of hydrogen-bond acceptors (Lipinski definition) is 3. The van der Waals surface area contributed by atoms with Crippen molar-refractivity contribution in [3.8, 4) is 0 Å². The summed E-state index contributed by atoms with van der Waals surface area (Å²) in [5, 5.41) is 7.22. The number of nitrogens with zero attached hydrogens (tertiary/aromatic N) is 2. The number of amides is 1. The minimum Gasteiger partial charge on any atom is -0.395 e. The maximum atomic E-state index is 12.2. The van der Waals surface area contributed by atoms with Crippen LogP contribution in [0.25, 0.3) is 0 Å². The van der Waals surface area contributed by atoms with Gasteiger partial charge in [-0.3, -0.25) is 9.48 Å². The van der Waals surface area contributed by atoms with Gasteiger partial charge in [-0.1, -0.05) is 11.6 Å². The molecule has 0 radical (unpaired) electrons. The van der Waals surface area contributed by atoms with Crippen molar-refractivity contribution in [1.82, 2.24) is 15.1 Å². The van der Waals surface area contributed by atoms with Gasteiger partial charge < -0.3 is 11.1 Å². The van der Waals surface area contributed by atoms with E-state index in [1.807, 2.05) is 13.8 Å². The third kappa shape index (κ3) is 3.21. The molecule has 1 aromatic rings. The fraction of sp³-hybridized carbons (Fsp3) is 0.600. The number of carbonyl (C=O) groups is 1. The molecule has 0 spiro atoms. The Kier molecular flexibility index (Phi) is 4.82. The van der Waals surface area contributed by atoms with Crippen LogP contribution < -0.4 is 11.1 Å². The number of aryl methyl sites for hydroxylation is 2. The smallest absolute Gasteiger partial charge is 0.271 e. The molecule has 1 aliphatic rings. The normalized spacial score (nSPS) is 15.0. The standard InChI is InChI=1S/C15H24N4O/c1-3-19-14(13(16)11(2)18-19)15(20)17-10-9-12-7-5-4-6-8-12/h7H,3-6,8-10,16H2,1-2H3,(H,17,20). The van der Waals surface area contributed by atoms with E-state index in [-0.39, 0.29) is 5.91 Å². The lowest BCUT2D eigenvalue weighted by atomic mass is 9.97. The molecule has 20 heavy (non-hydrogen) atoms. The maximum Gasteiger partial charge on any atom is 0.271 e. The first-order valence-electron chi connectivity index (χ1n) is 7.42. The molecule has 0 unspecified atom stereocenters. The van der Waals surface area contributed by atoms with Gasteiger partial charge in [0.2, 0.25) is 0 Å². The van der Waals surface area contributed by atoms with Gasteiger partial charge in [-0.25, -0.2) is 0 Å². The van der Waals surface area contributed by atoms with E-state index in [1.165, 1.54) is 31.3 Å². The van der Waals surface area contributed by atoms with E-state index in [0.29, 0.717) is 30.2 Å². The zero-order valence-electron chi connectivity index (χ0n) is 12.4. The Hall–Kier alpha value is -1.78. The van der Waals surface area contributed by atoms with E-state index in [0.717, 1.165) is 6.42 Å². The lowest BCUT2D eigenvalue weighted by molar-refractivity contribution is 0.0944. The van der Waals surface area contributed by atoms with Crippen molar-refractivity contribution in [3.63, 3.8) is 0 Å². The summed E-state index contributed by atoms with van der Waals surface area (Å²) in [7, 11) is 0. The summed E-state index contributed by atoms with van der Waals surface area (Å²) in [5.74, 6) is -0.124. The number of anilines is 1. The zero-order valence-corrected chi connectivity index (χ0v) is 12.4. The highest BCUT2D eigenvalue weighted by Crippen LogP contribution is 2.20. The van der Waals surface area contributed by atoms with E-state index >= 15 is 0 Å². The van der Waals surface area contributed by atoms with Gasteiger partial charge in [0, 0.05) is 13.1 Å². The minimum atomic E-state index is -0.124. The Balaban J connectivity index is 1.93. The minimum absolute atomic E-state index is 0.124. The number of nitrogens with one attached hydrogen (secondary N) is 1. The van der Waals surface area contributed by atoms with Crippen molar-refractivity contribution in [2.75, 3.05) is 12.3 Å². The van der Waals surface area contributed by atoms with Crippen LogP contribution in [0.1, 0.15) is 55.2 Å². The molecule has 5 nitrogen and oxygen atoms in total. The third-order valence-electron chi connectivity index (χ3n) is 3.81. The molecule has 3 N–H and O–H groups in total. The molecule has 0 aromatic carbocycles. The molecular formula is C15H24N4O.